The second-order valence-corrected chi connectivity index (χ2v) is 6.68. The molecule has 0 amide bonds. The van der Waals surface area contributed by atoms with Crippen LogP contribution in [0.25, 0.3) is 0 Å². The minimum absolute atomic E-state index is 0.427. The Kier molecular flexibility index (Phi) is 7.97. The van der Waals surface area contributed by atoms with E-state index in [1.54, 1.807) is 0 Å². The van der Waals surface area contributed by atoms with Crippen LogP contribution < -0.4 is 10.6 Å². The van der Waals surface area contributed by atoms with Crippen LogP contribution >= 0.6 is 0 Å². The zero-order valence-electron chi connectivity index (χ0n) is 14.1. The third-order valence-corrected chi connectivity index (χ3v) is 3.50. The highest BCUT2D eigenvalue weighted by molar-refractivity contribution is 5.79. The van der Waals surface area contributed by atoms with Crippen molar-refractivity contribution in [2.45, 2.75) is 53.5 Å². The molecule has 0 aromatic rings. The molecule has 4 heteroatoms. The van der Waals surface area contributed by atoms with Gasteiger partial charge in [-0.25, -0.2) is 0 Å². The van der Waals surface area contributed by atoms with Crippen LogP contribution in [0.2, 0.25) is 0 Å². The van der Waals surface area contributed by atoms with Crippen LogP contribution in [0.3, 0.4) is 0 Å². The molecular formula is C16H34N4. The van der Waals surface area contributed by atoms with Crippen LogP contribution in [-0.4, -0.2) is 49.6 Å². The van der Waals surface area contributed by atoms with Crippen LogP contribution in [0.1, 0.15) is 47.5 Å². The molecule has 1 aliphatic heterocycles. The summed E-state index contributed by atoms with van der Waals surface area (Å²) in [6.45, 7) is 16.6. The van der Waals surface area contributed by atoms with Crippen molar-refractivity contribution in [3.63, 3.8) is 0 Å². The summed E-state index contributed by atoms with van der Waals surface area (Å²) < 4.78 is 0. The number of guanidine groups is 1. The van der Waals surface area contributed by atoms with Gasteiger partial charge in [-0.2, -0.15) is 0 Å². The van der Waals surface area contributed by atoms with Gasteiger partial charge in [0.15, 0.2) is 5.96 Å². The van der Waals surface area contributed by atoms with Crippen molar-refractivity contribution >= 4 is 5.96 Å². The molecule has 118 valence electrons. The first-order valence-corrected chi connectivity index (χ1v) is 8.28. The van der Waals surface area contributed by atoms with Gasteiger partial charge in [-0.3, -0.25) is 4.99 Å². The van der Waals surface area contributed by atoms with Gasteiger partial charge in [0, 0.05) is 32.2 Å². The molecule has 0 aliphatic carbocycles. The summed E-state index contributed by atoms with van der Waals surface area (Å²) in [5, 5.41) is 6.71. The topological polar surface area (TPSA) is 39.7 Å². The van der Waals surface area contributed by atoms with Gasteiger partial charge in [0.05, 0.1) is 0 Å². The number of aliphatic imine (C=N–C) groups is 1. The number of hydrogen-bond donors (Lipinski definition) is 2. The molecule has 0 radical (unpaired) electrons. The van der Waals surface area contributed by atoms with E-state index in [2.05, 4.69) is 50.2 Å². The van der Waals surface area contributed by atoms with Crippen molar-refractivity contribution in [2.75, 3.05) is 32.7 Å². The van der Waals surface area contributed by atoms with Gasteiger partial charge in [-0.1, -0.05) is 13.8 Å². The second-order valence-electron chi connectivity index (χ2n) is 6.68. The number of piperidine rings is 1. The molecule has 1 atom stereocenters. The van der Waals surface area contributed by atoms with Crippen LogP contribution in [-0.2, 0) is 0 Å². The van der Waals surface area contributed by atoms with Gasteiger partial charge in [0.25, 0.3) is 0 Å². The van der Waals surface area contributed by atoms with Crippen LogP contribution in [0.5, 0.6) is 0 Å². The summed E-state index contributed by atoms with van der Waals surface area (Å²) in [4.78, 5) is 7.37. The minimum atomic E-state index is 0.427. The zero-order chi connectivity index (χ0) is 15.0. The van der Waals surface area contributed by atoms with Gasteiger partial charge in [-0.15, -0.1) is 0 Å². The predicted octanol–water partition coefficient (Wildman–Crippen LogP) is 2.32. The Labute approximate surface area is 125 Å². The Bertz CT molecular complexity index is 286. The smallest absolute Gasteiger partial charge is 0.191 e. The van der Waals surface area contributed by atoms with E-state index in [1.807, 2.05) is 0 Å². The number of nitrogens with zero attached hydrogens (tertiary/aromatic N) is 2. The fraction of sp³-hybridized carbons (Fsp3) is 0.938. The summed E-state index contributed by atoms with van der Waals surface area (Å²) in [5.41, 5.74) is 0. The van der Waals surface area contributed by atoms with Crippen molar-refractivity contribution in [1.82, 2.24) is 15.5 Å². The van der Waals surface area contributed by atoms with Gasteiger partial charge in [0.2, 0.25) is 0 Å². The molecule has 1 heterocycles. The molecule has 1 saturated heterocycles. The van der Waals surface area contributed by atoms with Crippen molar-refractivity contribution in [1.29, 1.82) is 0 Å². The molecule has 20 heavy (non-hydrogen) atoms. The third kappa shape index (κ3) is 7.13. The molecule has 1 rings (SSSR count). The van der Waals surface area contributed by atoms with Gasteiger partial charge in [0.1, 0.15) is 0 Å². The third-order valence-electron chi connectivity index (χ3n) is 3.50. The van der Waals surface area contributed by atoms with Crippen LogP contribution in [0.4, 0.5) is 0 Å². The lowest BCUT2D eigenvalue weighted by Gasteiger charge is -2.33. The number of hydrogen-bond acceptors (Lipinski definition) is 2. The molecule has 0 aromatic heterocycles. The molecule has 1 aliphatic rings. The van der Waals surface area contributed by atoms with Gasteiger partial charge >= 0.3 is 0 Å². The quantitative estimate of drug-likeness (QED) is 0.580. The van der Waals surface area contributed by atoms with Crippen molar-refractivity contribution in [2.24, 2.45) is 16.8 Å². The lowest BCUT2D eigenvalue weighted by atomic mass is 9.97. The van der Waals surface area contributed by atoms with E-state index < -0.39 is 0 Å². The molecule has 0 aromatic carbocycles. The Morgan fingerprint density at radius 3 is 2.65 bits per heavy atom. The first-order valence-electron chi connectivity index (χ1n) is 8.28. The highest BCUT2D eigenvalue weighted by atomic mass is 15.2. The molecule has 0 spiro atoms. The molecule has 2 N–H and O–H groups in total. The van der Waals surface area contributed by atoms with E-state index in [1.165, 1.54) is 32.5 Å². The first-order chi connectivity index (χ1) is 9.51. The number of rotatable bonds is 6. The molecule has 0 bridgehead atoms. The molecule has 4 nitrogen and oxygen atoms in total. The van der Waals surface area contributed by atoms with E-state index in [0.717, 1.165) is 25.0 Å². The first kappa shape index (κ1) is 17.3. The van der Waals surface area contributed by atoms with E-state index >= 15 is 0 Å². The van der Waals surface area contributed by atoms with E-state index in [0.29, 0.717) is 12.0 Å². The second kappa shape index (κ2) is 9.22. The van der Waals surface area contributed by atoms with Crippen molar-refractivity contribution in [3.05, 3.63) is 0 Å². The molecule has 0 saturated carbocycles. The highest BCUT2D eigenvalue weighted by Crippen LogP contribution is 2.17. The fourth-order valence-corrected chi connectivity index (χ4v) is 2.80. The van der Waals surface area contributed by atoms with E-state index in [4.69, 9.17) is 4.99 Å². The lowest BCUT2D eigenvalue weighted by molar-refractivity contribution is 0.162. The van der Waals surface area contributed by atoms with Crippen molar-refractivity contribution < 1.29 is 0 Å². The van der Waals surface area contributed by atoms with Crippen LogP contribution in [0.15, 0.2) is 4.99 Å². The SMILES string of the molecule is CCNC(=NCC1CCCN(CC(C)C)C1)NC(C)C. The highest BCUT2D eigenvalue weighted by Gasteiger charge is 2.20. The van der Waals surface area contributed by atoms with Crippen molar-refractivity contribution in [3.8, 4) is 0 Å². The van der Waals surface area contributed by atoms with E-state index in [9.17, 15) is 0 Å². The van der Waals surface area contributed by atoms with Gasteiger partial charge in [-0.05, 0) is 52.0 Å². The normalized spacial score (nSPS) is 21.6. The summed E-state index contributed by atoms with van der Waals surface area (Å²) in [6, 6.07) is 0.427. The Morgan fingerprint density at radius 2 is 2.05 bits per heavy atom. The summed E-state index contributed by atoms with van der Waals surface area (Å²) in [7, 11) is 0. The minimum Gasteiger partial charge on any atom is -0.357 e. The largest absolute Gasteiger partial charge is 0.357 e. The Balaban J connectivity index is 2.44. The summed E-state index contributed by atoms with van der Waals surface area (Å²) >= 11 is 0. The maximum atomic E-state index is 4.76. The zero-order valence-corrected chi connectivity index (χ0v) is 14.1. The van der Waals surface area contributed by atoms with Gasteiger partial charge < -0.3 is 15.5 Å². The molecule has 1 unspecified atom stereocenters. The summed E-state index contributed by atoms with van der Waals surface area (Å²) in [5.74, 6) is 2.44. The lowest BCUT2D eigenvalue weighted by Crippen LogP contribution is -2.42. The summed E-state index contributed by atoms with van der Waals surface area (Å²) in [6.07, 6.45) is 2.64. The molecule has 1 fully saturated rings. The fourth-order valence-electron chi connectivity index (χ4n) is 2.80. The average molecular weight is 282 g/mol. The number of nitrogens with one attached hydrogen (secondary N) is 2. The molecular weight excluding hydrogens is 248 g/mol. The van der Waals surface area contributed by atoms with E-state index in [-0.39, 0.29) is 0 Å². The average Bonchev–Trinajstić information content (AvgIpc) is 2.35. The standard InChI is InChI=1S/C16H34N4/c1-6-17-16(19-14(4)5)18-10-15-8-7-9-20(12-15)11-13(2)3/h13-15H,6-12H2,1-5H3,(H2,17,18,19). The monoisotopic (exact) mass is 282 g/mol. The Morgan fingerprint density at radius 1 is 1.30 bits per heavy atom. The number of likely N-dealkylation sites (tertiary alicyclic amines) is 1. The maximum absolute atomic E-state index is 4.76. The maximum Gasteiger partial charge on any atom is 0.191 e. The van der Waals surface area contributed by atoms with Crippen LogP contribution in [0, 0.1) is 11.8 Å². The predicted molar refractivity (Wildman–Crippen MR) is 88.3 cm³/mol. The Hall–Kier alpha value is -0.770.